The molecule has 0 fully saturated rings. The third-order valence-corrected chi connectivity index (χ3v) is 3.66. The van der Waals surface area contributed by atoms with Crippen molar-refractivity contribution in [2.45, 2.75) is 20.1 Å². The summed E-state index contributed by atoms with van der Waals surface area (Å²) in [4.78, 5) is 4.33. The van der Waals surface area contributed by atoms with Crippen molar-refractivity contribution >= 4 is 27.3 Å². The van der Waals surface area contributed by atoms with E-state index in [0.717, 1.165) is 26.5 Å². The molecule has 3 nitrogen and oxygen atoms in total. The Morgan fingerprint density at radius 1 is 1.47 bits per heavy atom. The maximum absolute atomic E-state index is 8.99. The number of aliphatic hydroxyl groups is 1. The summed E-state index contributed by atoms with van der Waals surface area (Å²) >= 11 is 5.03. The van der Waals surface area contributed by atoms with Crippen LogP contribution in [0.15, 0.2) is 28.1 Å². The van der Waals surface area contributed by atoms with Crippen LogP contribution in [0.25, 0.3) is 0 Å². The van der Waals surface area contributed by atoms with E-state index < -0.39 is 0 Å². The summed E-state index contributed by atoms with van der Waals surface area (Å²) in [6, 6.07) is 5.53. The van der Waals surface area contributed by atoms with Crippen molar-refractivity contribution < 1.29 is 9.84 Å². The molecule has 0 radical (unpaired) electrons. The van der Waals surface area contributed by atoms with Gasteiger partial charge in [0.25, 0.3) is 0 Å². The van der Waals surface area contributed by atoms with E-state index >= 15 is 0 Å². The predicted octanol–water partition coefficient (Wildman–Crippen LogP) is 3.29. The van der Waals surface area contributed by atoms with Crippen molar-refractivity contribution in [2.75, 3.05) is 0 Å². The summed E-state index contributed by atoms with van der Waals surface area (Å²) < 4.78 is 6.49. The van der Waals surface area contributed by atoms with Crippen LogP contribution in [-0.4, -0.2) is 10.1 Å². The molecule has 90 valence electrons. The lowest BCUT2D eigenvalue weighted by Gasteiger charge is -2.07. The molecule has 0 spiro atoms. The fraction of sp³-hybridized carbons (Fsp3) is 0.250. The molecule has 0 unspecified atom stereocenters. The number of aryl methyl sites for hydroxylation is 1. The molecule has 0 aliphatic carbocycles. The molecule has 5 heteroatoms. The van der Waals surface area contributed by atoms with Crippen molar-refractivity contribution in [1.82, 2.24) is 4.98 Å². The summed E-state index contributed by atoms with van der Waals surface area (Å²) in [6.07, 6.45) is 0. The second-order valence-corrected chi connectivity index (χ2v) is 5.49. The van der Waals surface area contributed by atoms with Gasteiger partial charge in [-0.2, -0.15) is 0 Å². The summed E-state index contributed by atoms with van der Waals surface area (Å²) in [5.74, 6) is 0.757. The summed E-state index contributed by atoms with van der Waals surface area (Å²) in [6.45, 7) is 2.46. The lowest BCUT2D eigenvalue weighted by Crippen LogP contribution is -1.97. The number of ether oxygens (including phenoxy) is 1. The molecule has 2 aromatic rings. The standard InChI is InChI=1S/C12H12BrNO2S/c1-8-14-10(7-17-8)6-16-12-3-2-9(5-15)4-11(12)13/h2-4,7,15H,5-6H2,1H3. The highest BCUT2D eigenvalue weighted by molar-refractivity contribution is 9.10. The number of benzene rings is 1. The van der Waals surface area contributed by atoms with Gasteiger partial charge in [0.2, 0.25) is 0 Å². The van der Waals surface area contributed by atoms with Gasteiger partial charge in [-0.1, -0.05) is 6.07 Å². The number of nitrogens with zero attached hydrogens (tertiary/aromatic N) is 1. The van der Waals surface area contributed by atoms with Crippen LogP contribution in [0.2, 0.25) is 0 Å². The number of rotatable bonds is 4. The number of halogens is 1. The topological polar surface area (TPSA) is 42.4 Å². The van der Waals surface area contributed by atoms with E-state index in [-0.39, 0.29) is 6.61 Å². The van der Waals surface area contributed by atoms with Gasteiger partial charge in [-0.05, 0) is 40.5 Å². The minimum absolute atomic E-state index is 0.0319. The summed E-state index contributed by atoms with van der Waals surface area (Å²) in [5.41, 5.74) is 1.79. The van der Waals surface area contributed by atoms with Crippen molar-refractivity contribution in [2.24, 2.45) is 0 Å². The van der Waals surface area contributed by atoms with Crippen molar-refractivity contribution in [3.63, 3.8) is 0 Å². The maximum Gasteiger partial charge on any atom is 0.134 e. The minimum Gasteiger partial charge on any atom is -0.486 e. The average molecular weight is 314 g/mol. The van der Waals surface area contributed by atoms with Gasteiger partial charge in [0.1, 0.15) is 12.4 Å². The quantitative estimate of drug-likeness (QED) is 0.942. The first-order valence-corrected chi connectivity index (χ1v) is 6.79. The van der Waals surface area contributed by atoms with Gasteiger partial charge in [0.05, 0.1) is 21.8 Å². The molecule has 17 heavy (non-hydrogen) atoms. The zero-order valence-electron chi connectivity index (χ0n) is 9.31. The fourth-order valence-electron chi connectivity index (χ4n) is 1.39. The van der Waals surface area contributed by atoms with E-state index in [4.69, 9.17) is 9.84 Å². The number of hydrogen-bond acceptors (Lipinski definition) is 4. The third kappa shape index (κ3) is 3.28. The maximum atomic E-state index is 8.99. The first kappa shape index (κ1) is 12.5. The van der Waals surface area contributed by atoms with Crippen LogP contribution in [-0.2, 0) is 13.2 Å². The Morgan fingerprint density at radius 3 is 2.88 bits per heavy atom. The molecule has 0 aliphatic rings. The average Bonchev–Trinajstić information content (AvgIpc) is 2.73. The van der Waals surface area contributed by atoms with Gasteiger partial charge in [-0.3, -0.25) is 0 Å². The smallest absolute Gasteiger partial charge is 0.134 e. The molecule has 0 aliphatic heterocycles. The van der Waals surface area contributed by atoms with Gasteiger partial charge in [-0.15, -0.1) is 11.3 Å². The molecule has 1 heterocycles. The Labute approximate surface area is 112 Å². The number of thiazole rings is 1. The van der Waals surface area contributed by atoms with Gasteiger partial charge in [0, 0.05) is 5.38 Å². The lowest BCUT2D eigenvalue weighted by molar-refractivity contribution is 0.280. The molecule has 0 saturated heterocycles. The molecule has 1 aromatic heterocycles. The van der Waals surface area contributed by atoms with E-state index in [2.05, 4.69) is 20.9 Å². The van der Waals surface area contributed by atoms with Crippen molar-refractivity contribution in [3.8, 4) is 5.75 Å². The van der Waals surface area contributed by atoms with Gasteiger partial charge < -0.3 is 9.84 Å². The van der Waals surface area contributed by atoms with Crippen LogP contribution in [0, 0.1) is 6.92 Å². The highest BCUT2D eigenvalue weighted by atomic mass is 79.9. The first-order valence-electron chi connectivity index (χ1n) is 5.12. The van der Waals surface area contributed by atoms with Gasteiger partial charge in [0.15, 0.2) is 0 Å². The van der Waals surface area contributed by atoms with Crippen LogP contribution >= 0.6 is 27.3 Å². The van der Waals surface area contributed by atoms with E-state index in [1.807, 2.05) is 30.5 Å². The second kappa shape index (κ2) is 5.62. The monoisotopic (exact) mass is 313 g/mol. The first-order chi connectivity index (χ1) is 8.19. The molecular formula is C12H12BrNO2S. The molecule has 1 aromatic carbocycles. The molecule has 0 atom stereocenters. The van der Waals surface area contributed by atoms with Gasteiger partial charge >= 0.3 is 0 Å². The Kier molecular flexibility index (Phi) is 4.15. The highest BCUT2D eigenvalue weighted by Crippen LogP contribution is 2.26. The lowest BCUT2D eigenvalue weighted by atomic mass is 10.2. The molecule has 1 N–H and O–H groups in total. The third-order valence-electron chi connectivity index (χ3n) is 2.22. The Balaban J connectivity index is 2.04. The van der Waals surface area contributed by atoms with Crippen LogP contribution in [0.3, 0.4) is 0 Å². The van der Waals surface area contributed by atoms with E-state index in [1.165, 1.54) is 0 Å². The molecule has 0 saturated carbocycles. The normalized spacial score (nSPS) is 10.5. The van der Waals surface area contributed by atoms with E-state index in [1.54, 1.807) is 11.3 Å². The molecule has 2 rings (SSSR count). The van der Waals surface area contributed by atoms with Crippen LogP contribution in [0.1, 0.15) is 16.3 Å². The van der Waals surface area contributed by atoms with E-state index in [9.17, 15) is 0 Å². The second-order valence-electron chi connectivity index (χ2n) is 3.57. The molecule has 0 bridgehead atoms. The highest BCUT2D eigenvalue weighted by Gasteiger charge is 2.04. The Hall–Kier alpha value is -0.910. The molecular weight excluding hydrogens is 302 g/mol. The number of aromatic nitrogens is 1. The van der Waals surface area contributed by atoms with Crippen LogP contribution < -0.4 is 4.74 Å². The SMILES string of the molecule is Cc1nc(COc2ccc(CO)cc2Br)cs1. The Morgan fingerprint density at radius 2 is 2.29 bits per heavy atom. The largest absolute Gasteiger partial charge is 0.486 e. The van der Waals surface area contributed by atoms with Crippen molar-refractivity contribution in [1.29, 1.82) is 0 Å². The summed E-state index contributed by atoms with van der Waals surface area (Å²) in [7, 11) is 0. The number of aliphatic hydroxyl groups excluding tert-OH is 1. The Bertz CT molecular complexity index is 513. The zero-order valence-corrected chi connectivity index (χ0v) is 11.7. The summed E-state index contributed by atoms with van der Waals surface area (Å²) in [5, 5.41) is 12.0. The fourth-order valence-corrected chi connectivity index (χ4v) is 2.52. The number of hydrogen-bond donors (Lipinski definition) is 1. The zero-order chi connectivity index (χ0) is 12.3. The minimum atomic E-state index is 0.0319. The molecule has 0 amide bonds. The van der Waals surface area contributed by atoms with E-state index in [0.29, 0.717) is 6.61 Å². The van der Waals surface area contributed by atoms with Crippen LogP contribution in [0.4, 0.5) is 0 Å². The van der Waals surface area contributed by atoms with Crippen molar-refractivity contribution in [3.05, 3.63) is 44.3 Å². The van der Waals surface area contributed by atoms with Gasteiger partial charge in [-0.25, -0.2) is 4.98 Å². The van der Waals surface area contributed by atoms with Crippen LogP contribution in [0.5, 0.6) is 5.75 Å². The predicted molar refractivity (Wildman–Crippen MR) is 71.2 cm³/mol.